The fourth-order valence-electron chi connectivity index (χ4n) is 3.70. The van der Waals surface area contributed by atoms with Crippen molar-refractivity contribution in [2.75, 3.05) is 19.1 Å². The minimum atomic E-state index is -4.77. The molecule has 0 N–H and O–H groups in total. The van der Waals surface area contributed by atoms with Crippen LogP contribution >= 0.6 is 11.8 Å². The Morgan fingerprint density at radius 3 is 2.58 bits per heavy atom. The monoisotopic (exact) mass is 453 g/mol. The number of alkyl halides is 3. The second-order valence-corrected chi connectivity index (χ2v) is 8.35. The third-order valence-electron chi connectivity index (χ3n) is 5.19. The molecule has 2 unspecified atom stereocenters. The van der Waals surface area contributed by atoms with Gasteiger partial charge in [0.05, 0.1) is 11.3 Å². The lowest BCUT2D eigenvalue weighted by atomic mass is 9.96. The summed E-state index contributed by atoms with van der Waals surface area (Å²) >= 11 is 1.26. The highest BCUT2D eigenvalue weighted by Crippen LogP contribution is 2.42. The molecule has 0 bridgehead atoms. The maximum absolute atomic E-state index is 14.1. The maximum Gasteiger partial charge on any atom is 0.419 e. The Balaban J connectivity index is 1.58. The van der Waals surface area contributed by atoms with Crippen LogP contribution in [0.5, 0.6) is 0 Å². The fourth-order valence-corrected chi connectivity index (χ4v) is 4.89. The van der Waals surface area contributed by atoms with Crippen molar-refractivity contribution in [2.45, 2.75) is 18.0 Å². The number of rotatable bonds is 6. The normalized spacial score (nSPS) is 19.7. The number of nitrogens with zero attached hydrogens (tertiary/aromatic N) is 1. The van der Waals surface area contributed by atoms with Crippen LogP contribution in [0, 0.1) is 11.7 Å². The Hall–Kier alpha value is -2.68. The first kappa shape index (κ1) is 21.5. The van der Waals surface area contributed by atoms with E-state index in [1.165, 1.54) is 24.1 Å². The quantitative estimate of drug-likeness (QED) is 0.569. The molecule has 2 heterocycles. The van der Waals surface area contributed by atoms with Gasteiger partial charge >= 0.3 is 6.18 Å². The average Bonchev–Trinajstić information content (AvgIpc) is 3.38. The van der Waals surface area contributed by atoms with Gasteiger partial charge in [0.2, 0.25) is 12.7 Å². The van der Waals surface area contributed by atoms with Gasteiger partial charge in [0.25, 0.3) is 0 Å². The van der Waals surface area contributed by atoms with Crippen LogP contribution in [0.15, 0.2) is 60.6 Å². The zero-order valence-electron chi connectivity index (χ0n) is 16.3. The summed E-state index contributed by atoms with van der Waals surface area (Å²) in [6.07, 6.45) is -2.67. The third kappa shape index (κ3) is 4.81. The van der Waals surface area contributed by atoms with Crippen molar-refractivity contribution >= 4 is 17.7 Å². The number of halogens is 4. The fraction of sp³-hybridized carbons (Fsp3) is 0.318. The van der Waals surface area contributed by atoms with Crippen LogP contribution in [0.4, 0.5) is 17.6 Å². The molecular weight excluding hydrogens is 434 g/mol. The Bertz CT molecular complexity index is 980. The molecule has 2 aliphatic rings. The molecule has 0 spiro atoms. The van der Waals surface area contributed by atoms with E-state index < -0.39 is 22.9 Å². The van der Waals surface area contributed by atoms with Gasteiger partial charge in [0.1, 0.15) is 23.2 Å². The van der Waals surface area contributed by atoms with Gasteiger partial charge in [0, 0.05) is 12.5 Å². The van der Waals surface area contributed by atoms with Crippen LogP contribution in [0.2, 0.25) is 0 Å². The second kappa shape index (κ2) is 8.82. The molecule has 2 aromatic carbocycles. The highest BCUT2D eigenvalue weighted by molar-refractivity contribution is 8.00. The summed E-state index contributed by atoms with van der Waals surface area (Å²) in [5.74, 6) is -0.948. The maximum atomic E-state index is 14.1. The van der Waals surface area contributed by atoms with Crippen molar-refractivity contribution < 1.29 is 31.8 Å². The van der Waals surface area contributed by atoms with Gasteiger partial charge in [-0.2, -0.15) is 13.2 Å². The van der Waals surface area contributed by atoms with Gasteiger partial charge < -0.3 is 14.4 Å². The van der Waals surface area contributed by atoms with Gasteiger partial charge in [0.15, 0.2) is 0 Å². The van der Waals surface area contributed by atoms with Crippen LogP contribution < -0.4 is 0 Å². The van der Waals surface area contributed by atoms with E-state index >= 15 is 0 Å². The van der Waals surface area contributed by atoms with Crippen molar-refractivity contribution in [3.63, 3.8) is 0 Å². The number of hydrogen-bond donors (Lipinski definition) is 0. The summed E-state index contributed by atoms with van der Waals surface area (Å²) in [4.78, 5) is 14.2. The summed E-state index contributed by atoms with van der Waals surface area (Å²) in [5.41, 5.74) is 0.0402. The molecule has 0 radical (unpaired) electrons. The van der Waals surface area contributed by atoms with Gasteiger partial charge in [-0.3, -0.25) is 4.79 Å². The molecule has 0 aromatic heterocycles. The van der Waals surface area contributed by atoms with Gasteiger partial charge in [-0.25, -0.2) is 4.39 Å². The Morgan fingerprint density at radius 1 is 1.16 bits per heavy atom. The minimum Gasteiger partial charge on any atom is -0.462 e. The molecule has 1 saturated heterocycles. The summed E-state index contributed by atoms with van der Waals surface area (Å²) in [6, 6.07) is 12.5. The Morgan fingerprint density at radius 2 is 1.94 bits per heavy atom. The first-order chi connectivity index (χ1) is 14.8. The van der Waals surface area contributed by atoms with E-state index in [2.05, 4.69) is 0 Å². The van der Waals surface area contributed by atoms with Crippen molar-refractivity contribution in [2.24, 2.45) is 5.92 Å². The van der Waals surface area contributed by atoms with E-state index in [4.69, 9.17) is 9.47 Å². The number of carbonyl (C=O) groups excluding carboxylic acids is 1. The van der Waals surface area contributed by atoms with Crippen LogP contribution in [0.1, 0.15) is 22.1 Å². The highest BCUT2D eigenvalue weighted by atomic mass is 32.2. The summed E-state index contributed by atoms with van der Waals surface area (Å²) in [6.45, 7) is 0.361. The highest BCUT2D eigenvalue weighted by Gasteiger charge is 2.38. The van der Waals surface area contributed by atoms with E-state index in [1.54, 1.807) is 4.90 Å². The first-order valence-corrected chi connectivity index (χ1v) is 10.6. The van der Waals surface area contributed by atoms with Crippen LogP contribution in [-0.2, 0) is 26.9 Å². The lowest BCUT2D eigenvalue weighted by molar-refractivity contribution is -0.140. The summed E-state index contributed by atoms with van der Waals surface area (Å²) in [5, 5.41) is -0.578. The number of ether oxygens (including phenoxy) is 2. The lowest BCUT2D eigenvalue weighted by Gasteiger charge is -2.29. The van der Waals surface area contributed by atoms with Crippen molar-refractivity contribution in [3.05, 3.63) is 83.1 Å². The van der Waals surface area contributed by atoms with E-state index in [1.807, 2.05) is 30.3 Å². The lowest BCUT2D eigenvalue weighted by Crippen LogP contribution is -2.35. The van der Waals surface area contributed by atoms with Crippen LogP contribution in [0.25, 0.3) is 0 Å². The standard InChI is InChI=1S/C22H19F4NO3S/c23-18-9-15(6-7-17(18)22(24,25)26)21-27(20(28)12-31-21)10-16(19-11-29-13-30-19)8-14-4-2-1-3-5-14/h1-7,9,11,16,21H,8,10,12-13H2. The molecule has 0 saturated carbocycles. The molecule has 4 nitrogen and oxygen atoms in total. The second-order valence-electron chi connectivity index (χ2n) is 7.28. The van der Waals surface area contributed by atoms with Gasteiger partial charge in [-0.15, -0.1) is 11.8 Å². The number of thioether (sulfide) groups is 1. The summed E-state index contributed by atoms with van der Waals surface area (Å²) < 4.78 is 63.6. The largest absolute Gasteiger partial charge is 0.462 e. The smallest absolute Gasteiger partial charge is 0.419 e. The molecule has 164 valence electrons. The first-order valence-electron chi connectivity index (χ1n) is 9.59. The molecule has 2 atom stereocenters. The molecular formula is C22H19F4NO3S. The number of amides is 1. The SMILES string of the molecule is O=C1CSC(c2ccc(C(F)(F)F)c(F)c2)N1CC(Cc1ccccc1)C1=COCO1. The molecule has 2 aromatic rings. The minimum absolute atomic E-state index is 0.0941. The molecule has 4 rings (SSSR count). The predicted molar refractivity (Wildman–Crippen MR) is 107 cm³/mol. The van der Waals surface area contributed by atoms with E-state index in [9.17, 15) is 22.4 Å². The van der Waals surface area contributed by atoms with Gasteiger partial charge in [-0.05, 0) is 29.7 Å². The van der Waals surface area contributed by atoms with Gasteiger partial charge in [-0.1, -0.05) is 36.4 Å². The van der Waals surface area contributed by atoms with E-state index in [-0.39, 0.29) is 30.9 Å². The molecule has 0 aliphatic carbocycles. The summed E-state index contributed by atoms with van der Waals surface area (Å²) in [7, 11) is 0. The zero-order valence-corrected chi connectivity index (χ0v) is 17.1. The van der Waals surface area contributed by atoms with Crippen molar-refractivity contribution in [1.82, 2.24) is 4.90 Å². The van der Waals surface area contributed by atoms with Crippen LogP contribution in [0.3, 0.4) is 0 Å². The van der Waals surface area contributed by atoms with E-state index in [0.717, 1.165) is 17.7 Å². The molecule has 31 heavy (non-hydrogen) atoms. The van der Waals surface area contributed by atoms with E-state index in [0.29, 0.717) is 17.7 Å². The number of carbonyl (C=O) groups is 1. The number of benzene rings is 2. The molecule has 2 aliphatic heterocycles. The van der Waals surface area contributed by atoms with Crippen molar-refractivity contribution in [1.29, 1.82) is 0 Å². The Labute approximate surface area is 180 Å². The van der Waals surface area contributed by atoms with Crippen molar-refractivity contribution in [3.8, 4) is 0 Å². The Kier molecular flexibility index (Phi) is 6.13. The predicted octanol–water partition coefficient (Wildman–Crippen LogP) is 5.12. The molecule has 1 fully saturated rings. The average molecular weight is 453 g/mol. The number of hydrogen-bond acceptors (Lipinski definition) is 4. The zero-order chi connectivity index (χ0) is 22.0. The topological polar surface area (TPSA) is 38.8 Å². The third-order valence-corrected chi connectivity index (χ3v) is 6.45. The molecule has 9 heteroatoms. The van der Waals surface area contributed by atoms with Crippen LogP contribution in [-0.4, -0.2) is 29.9 Å². The molecule has 1 amide bonds.